The summed E-state index contributed by atoms with van der Waals surface area (Å²) >= 11 is 0. The van der Waals surface area contributed by atoms with E-state index in [1.807, 2.05) is 38.1 Å². The number of nitrogens with one attached hydrogen (secondary N) is 1. The first-order valence-electron chi connectivity index (χ1n) is 8.75. The Morgan fingerprint density at radius 2 is 2.00 bits per heavy atom. The minimum Gasteiger partial charge on any atom is -0.497 e. The molecule has 0 spiro atoms. The van der Waals surface area contributed by atoms with Gasteiger partial charge in [0.1, 0.15) is 5.75 Å². The van der Waals surface area contributed by atoms with E-state index in [1.54, 1.807) is 13.2 Å². The first-order chi connectivity index (χ1) is 12.6. The highest BCUT2D eigenvalue weighted by Crippen LogP contribution is 2.41. The SMILES string of the molecule is COc1ccc([C@@H](NC(=O)c2cc(C)nc3onc(C)c23)C2CC2)cc1. The summed E-state index contributed by atoms with van der Waals surface area (Å²) in [5, 5.41) is 7.84. The number of aryl methyl sites for hydroxylation is 2. The van der Waals surface area contributed by atoms with Gasteiger partial charge in [-0.2, -0.15) is 0 Å². The van der Waals surface area contributed by atoms with Crippen molar-refractivity contribution in [1.29, 1.82) is 0 Å². The number of amides is 1. The summed E-state index contributed by atoms with van der Waals surface area (Å²) in [7, 11) is 1.65. The average Bonchev–Trinajstić information content (AvgIpc) is 3.42. The number of pyridine rings is 1. The van der Waals surface area contributed by atoms with Crippen LogP contribution in [-0.2, 0) is 0 Å². The molecule has 1 aromatic carbocycles. The normalized spacial score (nSPS) is 15.0. The molecule has 3 aromatic rings. The highest BCUT2D eigenvalue weighted by atomic mass is 16.5. The summed E-state index contributed by atoms with van der Waals surface area (Å²) in [5.41, 5.74) is 3.45. The van der Waals surface area contributed by atoms with Gasteiger partial charge in [-0.3, -0.25) is 4.79 Å². The van der Waals surface area contributed by atoms with Crippen molar-refractivity contribution >= 4 is 17.0 Å². The van der Waals surface area contributed by atoms with Crippen LogP contribution in [-0.4, -0.2) is 23.2 Å². The average molecular weight is 351 g/mol. The maximum atomic E-state index is 13.1. The molecule has 1 atom stereocenters. The van der Waals surface area contributed by atoms with Crippen LogP contribution in [0.25, 0.3) is 11.1 Å². The van der Waals surface area contributed by atoms with Crippen LogP contribution >= 0.6 is 0 Å². The Hall–Kier alpha value is -2.89. The van der Waals surface area contributed by atoms with Crippen molar-refractivity contribution in [3.8, 4) is 5.75 Å². The van der Waals surface area contributed by atoms with Crippen LogP contribution < -0.4 is 10.1 Å². The van der Waals surface area contributed by atoms with E-state index in [2.05, 4.69) is 15.5 Å². The lowest BCUT2D eigenvalue weighted by Gasteiger charge is -2.19. The maximum absolute atomic E-state index is 13.1. The Morgan fingerprint density at radius 3 is 2.65 bits per heavy atom. The molecule has 26 heavy (non-hydrogen) atoms. The Kier molecular flexibility index (Phi) is 4.11. The minimum atomic E-state index is -0.125. The quantitative estimate of drug-likeness (QED) is 0.758. The van der Waals surface area contributed by atoms with Gasteiger partial charge in [0.05, 0.1) is 29.8 Å². The summed E-state index contributed by atoms with van der Waals surface area (Å²) < 4.78 is 10.5. The van der Waals surface area contributed by atoms with E-state index in [9.17, 15) is 4.79 Å². The fraction of sp³-hybridized carbons (Fsp3) is 0.350. The van der Waals surface area contributed by atoms with E-state index in [-0.39, 0.29) is 11.9 Å². The minimum absolute atomic E-state index is 0.0166. The molecule has 1 aliphatic rings. The van der Waals surface area contributed by atoms with Gasteiger partial charge in [-0.25, -0.2) is 4.98 Å². The van der Waals surface area contributed by atoms with Crippen molar-refractivity contribution in [2.45, 2.75) is 32.7 Å². The molecular weight excluding hydrogens is 330 g/mol. The summed E-state index contributed by atoms with van der Waals surface area (Å²) in [5.74, 6) is 1.15. The molecule has 4 rings (SSSR count). The number of hydrogen-bond donors (Lipinski definition) is 1. The second-order valence-corrected chi connectivity index (χ2v) is 6.82. The lowest BCUT2D eigenvalue weighted by atomic mass is 10.0. The topological polar surface area (TPSA) is 77.2 Å². The van der Waals surface area contributed by atoms with Crippen molar-refractivity contribution in [1.82, 2.24) is 15.5 Å². The van der Waals surface area contributed by atoms with Crippen LogP contribution in [0, 0.1) is 19.8 Å². The van der Waals surface area contributed by atoms with Crippen molar-refractivity contribution in [3.05, 3.63) is 52.8 Å². The smallest absolute Gasteiger partial charge is 0.258 e. The Balaban J connectivity index is 1.66. The second-order valence-electron chi connectivity index (χ2n) is 6.82. The Bertz CT molecular complexity index is 958. The van der Waals surface area contributed by atoms with Gasteiger partial charge in [0.2, 0.25) is 0 Å². The van der Waals surface area contributed by atoms with Crippen LogP contribution in [0.3, 0.4) is 0 Å². The van der Waals surface area contributed by atoms with Crippen LogP contribution in [0.15, 0.2) is 34.9 Å². The molecular formula is C20H21N3O3. The molecule has 1 fully saturated rings. The summed E-state index contributed by atoms with van der Waals surface area (Å²) in [6, 6.07) is 9.66. The number of ether oxygens (including phenoxy) is 1. The van der Waals surface area contributed by atoms with E-state index in [0.717, 1.165) is 29.8 Å². The predicted octanol–water partition coefficient (Wildman–Crippen LogP) is 3.73. The highest BCUT2D eigenvalue weighted by Gasteiger charge is 2.34. The first-order valence-corrected chi connectivity index (χ1v) is 8.75. The number of carbonyl (C=O) groups is 1. The lowest BCUT2D eigenvalue weighted by molar-refractivity contribution is 0.0933. The van der Waals surface area contributed by atoms with Gasteiger partial charge in [-0.1, -0.05) is 17.3 Å². The lowest BCUT2D eigenvalue weighted by Crippen LogP contribution is -2.30. The molecule has 6 heteroatoms. The fourth-order valence-corrected chi connectivity index (χ4v) is 3.33. The molecule has 0 radical (unpaired) electrons. The van der Waals surface area contributed by atoms with Crippen molar-refractivity contribution < 1.29 is 14.1 Å². The zero-order valence-electron chi connectivity index (χ0n) is 15.1. The van der Waals surface area contributed by atoms with Crippen molar-refractivity contribution in [2.75, 3.05) is 7.11 Å². The van der Waals surface area contributed by atoms with Crippen molar-refractivity contribution in [2.24, 2.45) is 5.92 Å². The van der Waals surface area contributed by atoms with Crippen molar-refractivity contribution in [3.63, 3.8) is 0 Å². The van der Waals surface area contributed by atoms with Gasteiger partial charge in [0, 0.05) is 5.69 Å². The summed E-state index contributed by atoms with van der Waals surface area (Å²) in [6.45, 7) is 3.66. The van der Waals surface area contributed by atoms with E-state index in [1.165, 1.54) is 0 Å². The van der Waals surface area contributed by atoms with Crippen LogP contribution in [0.5, 0.6) is 5.75 Å². The molecule has 1 aliphatic carbocycles. The van der Waals surface area contributed by atoms with E-state index >= 15 is 0 Å². The van der Waals surface area contributed by atoms with Gasteiger partial charge < -0.3 is 14.6 Å². The molecule has 6 nitrogen and oxygen atoms in total. The van der Waals surface area contributed by atoms with Crippen LogP contribution in [0.4, 0.5) is 0 Å². The number of benzene rings is 1. The largest absolute Gasteiger partial charge is 0.497 e. The first kappa shape index (κ1) is 16.6. The fourth-order valence-electron chi connectivity index (χ4n) is 3.33. The highest BCUT2D eigenvalue weighted by molar-refractivity contribution is 6.06. The number of rotatable bonds is 5. The zero-order valence-corrected chi connectivity index (χ0v) is 15.1. The third-order valence-corrected chi connectivity index (χ3v) is 4.84. The molecule has 1 saturated carbocycles. The third-order valence-electron chi connectivity index (χ3n) is 4.84. The van der Waals surface area contributed by atoms with Gasteiger partial charge in [-0.05, 0) is 56.4 Å². The van der Waals surface area contributed by atoms with Crippen LogP contribution in [0.2, 0.25) is 0 Å². The second kappa shape index (κ2) is 6.44. The predicted molar refractivity (Wildman–Crippen MR) is 97.2 cm³/mol. The van der Waals surface area contributed by atoms with Gasteiger partial charge in [-0.15, -0.1) is 0 Å². The van der Waals surface area contributed by atoms with E-state index in [0.29, 0.717) is 28.3 Å². The molecule has 134 valence electrons. The molecule has 0 unspecified atom stereocenters. The Labute approximate surface area is 151 Å². The molecule has 2 heterocycles. The molecule has 1 amide bonds. The molecule has 0 aliphatic heterocycles. The summed E-state index contributed by atoms with van der Waals surface area (Å²) in [6.07, 6.45) is 2.24. The molecule has 2 aromatic heterocycles. The zero-order chi connectivity index (χ0) is 18.3. The van der Waals surface area contributed by atoms with Gasteiger partial charge >= 0.3 is 0 Å². The monoisotopic (exact) mass is 351 g/mol. The number of fused-ring (bicyclic) bond motifs is 1. The Morgan fingerprint density at radius 1 is 1.27 bits per heavy atom. The molecule has 0 saturated heterocycles. The van der Waals surface area contributed by atoms with E-state index in [4.69, 9.17) is 9.26 Å². The number of carbonyl (C=O) groups excluding carboxylic acids is 1. The van der Waals surface area contributed by atoms with Gasteiger partial charge in [0.15, 0.2) is 0 Å². The number of hydrogen-bond acceptors (Lipinski definition) is 5. The molecule has 0 bridgehead atoms. The number of methoxy groups -OCH3 is 1. The van der Waals surface area contributed by atoms with Gasteiger partial charge in [0.25, 0.3) is 11.6 Å². The van der Waals surface area contributed by atoms with Crippen LogP contribution in [0.1, 0.15) is 46.2 Å². The third kappa shape index (κ3) is 3.03. The van der Waals surface area contributed by atoms with E-state index < -0.39 is 0 Å². The number of nitrogens with zero attached hydrogens (tertiary/aromatic N) is 2. The number of aromatic nitrogens is 2. The summed E-state index contributed by atoms with van der Waals surface area (Å²) in [4.78, 5) is 17.4. The standard InChI is InChI=1S/C20H21N3O3/c1-11-10-16(17-12(2)23-26-20(17)21-11)19(24)22-18(13-4-5-13)14-6-8-15(25-3)9-7-14/h6-10,13,18H,4-5H2,1-3H3,(H,22,24)/t18-/m0/s1. The maximum Gasteiger partial charge on any atom is 0.258 e. The molecule has 1 N–H and O–H groups in total.